The molecule has 9 unspecified atom stereocenters. The molecule has 2 nitrogen and oxygen atoms in total. The molecule has 1 N–H and O–H groups in total. The zero-order valence-electron chi connectivity index (χ0n) is 25.5. The fourth-order valence-corrected chi connectivity index (χ4v) is 14.1. The fraction of sp³-hybridized carbons (Fsp3) is 0.971. The van der Waals surface area contributed by atoms with Crippen molar-refractivity contribution >= 4 is 5.97 Å². The molecule has 0 heterocycles. The van der Waals surface area contributed by atoms with E-state index < -0.39 is 5.97 Å². The SMILES string of the molecule is CC1CCC2CC1(C1(C)CCC3CC1(C14CC(CCC1C)C4(C)C)C3(C)C)C2(C)C.CCCC(=O)O. The minimum atomic E-state index is -0.711. The maximum absolute atomic E-state index is 9.60. The predicted molar refractivity (Wildman–Crippen MR) is 150 cm³/mol. The third-order valence-electron chi connectivity index (χ3n) is 15.9. The molecule has 9 aliphatic carbocycles. The molecule has 0 aromatic carbocycles. The number of hydrogen-bond donors (Lipinski definition) is 1. The first-order chi connectivity index (χ1) is 16.5. The first kappa shape index (κ1) is 27.1. The highest BCUT2D eigenvalue weighted by atomic mass is 16.4. The van der Waals surface area contributed by atoms with Crippen molar-refractivity contribution in [1.82, 2.24) is 0 Å². The first-order valence-electron chi connectivity index (χ1n) is 15.8. The van der Waals surface area contributed by atoms with Crippen LogP contribution in [0.5, 0.6) is 0 Å². The second-order valence-corrected chi connectivity index (χ2v) is 16.7. The summed E-state index contributed by atoms with van der Waals surface area (Å²) in [7, 11) is 0. The van der Waals surface area contributed by atoms with Gasteiger partial charge in [-0.2, -0.15) is 0 Å². The number of aliphatic carboxylic acids is 1. The van der Waals surface area contributed by atoms with Crippen molar-refractivity contribution < 1.29 is 9.90 Å². The van der Waals surface area contributed by atoms with Gasteiger partial charge in [-0.05, 0) is 132 Å². The van der Waals surface area contributed by atoms with E-state index in [4.69, 9.17) is 5.11 Å². The molecule has 0 aromatic rings. The third kappa shape index (κ3) is 2.56. The molecule has 6 bridgehead atoms. The van der Waals surface area contributed by atoms with Gasteiger partial charge < -0.3 is 5.11 Å². The zero-order valence-corrected chi connectivity index (χ0v) is 25.5. The van der Waals surface area contributed by atoms with E-state index in [0.29, 0.717) is 44.3 Å². The van der Waals surface area contributed by atoms with Crippen LogP contribution in [0, 0.1) is 67.5 Å². The van der Waals surface area contributed by atoms with E-state index in [1.54, 1.807) is 19.3 Å². The quantitative estimate of drug-likeness (QED) is 0.419. The standard InChI is InChI=1S/C30H50.C4H8O2/c1-19-10-12-21-16-28(19,24(21,3)4)27(9)15-14-23-18-30(27,26(23,7)8)29-17-22(25(29,5)6)13-11-20(29)2;1-2-3-4(5)6/h19-23H,10-18H2,1-9H3;2-3H2,1H3,(H,5,6). The zero-order chi connectivity index (χ0) is 26.7. The molecule has 36 heavy (non-hydrogen) atoms. The Morgan fingerprint density at radius 1 is 0.694 bits per heavy atom. The van der Waals surface area contributed by atoms with Crippen molar-refractivity contribution in [1.29, 1.82) is 0 Å². The molecule has 0 saturated heterocycles. The Hall–Kier alpha value is -0.530. The summed E-state index contributed by atoms with van der Waals surface area (Å²) in [5.41, 5.74) is 3.78. The molecular formula is C34H58O2. The molecule has 0 aromatic heterocycles. The lowest BCUT2D eigenvalue weighted by molar-refractivity contribution is -0.441. The predicted octanol–water partition coefficient (Wildman–Crippen LogP) is 9.61. The largest absolute Gasteiger partial charge is 0.481 e. The van der Waals surface area contributed by atoms with Crippen LogP contribution in [0.15, 0.2) is 0 Å². The van der Waals surface area contributed by atoms with E-state index in [1.165, 1.54) is 38.5 Å². The molecule has 9 rings (SSSR count). The van der Waals surface area contributed by atoms with E-state index in [9.17, 15) is 4.79 Å². The first-order valence-corrected chi connectivity index (χ1v) is 15.8. The summed E-state index contributed by atoms with van der Waals surface area (Å²) in [5, 5.41) is 7.91. The van der Waals surface area contributed by atoms with Gasteiger partial charge >= 0.3 is 5.97 Å². The van der Waals surface area contributed by atoms with E-state index in [2.05, 4.69) is 62.3 Å². The van der Waals surface area contributed by atoms with Crippen molar-refractivity contribution in [3.63, 3.8) is 0 Å². The number of hydrogen-bond acceptors (Lipinski definition) is 1. The van der Waals surface area contributed by atoms with E-state index in [0.717, 1.165) is 36.0 Å². The van der Waals surface area contributed by atoms with Crippen LogP contribution >= 0.6 is 0 Å². The van der Waals surface area contributed by atoms with Crippen LogP contribution in [-0.4, -0.2) is 11.1 Å². The number of carboxylic acids is 1. The van der Waals surface area contributed by atoms with E-state index >= 15 is 0 Å². The summed E-state index contributed by atoms with van der Waals surface area (Å²) >= 11 is 0. The Balaban J connectivity index is 0.000000400. The third-order valence-corrected chi connectivity index (χ3v) is 15.9. The Bertz CT molecular complexity index is 914. The van der Waals surface area contributed by atoms with Gasteiger partial charge in [0, 0.05) is 6.42 Å². The van der Waals surface area contributed by atoms with Crippen LogP contribution in [0.4, 0.5) is 0 Å². The second kappa shape index (κ2) is 7.78. The molecular weight excluding hydrogens is 440 g/mol. The van der Waals surface area contributed by atoms with Gasteiger partial charge in [0.05, 0.1) is 0 Å². The van der Waals surface area contributed by atoms with Crippen molar-refractivity contribution in [2.45, 2.75) is 140 Å². The number of rotatable bonds is 4. The molecule has 0 aliphatic heterocycles. The molecule has 0 radical (unpaired) electrons. The van der Waals surface area contributed by atoms with Crippen LogP contribution < -0.4 is 0 Å². The van der Waals surface area contributed by atoms with Gasteiger partial charge in [0.1, 0.15) is 0 Å². The number of carboxylic acid groups (broad SMARTS) is 1. The van der Waals surface area contributed by atoms with E-state index in [-0.39, 0.29) is 0 Å². The van der Waals surface area contributed by atoms with Gasteiger partial charge in [-0.3, -0.25) is 4.79 Å². The average molecular weight is 499 g/mol. The average Bonchev–Trinajstić information content (AvgIpc) is 2.78. The van der Waals surface area contributed by atoms with Crippen LogP contribution in [0.3, 0.4) is 0 Å². The maximum atomic E-state index is 9.60. The van der Waals surface area contributed by atoms with Gasteiger partial charge in [0.15, 0.2) is 0 Å². The topological polar surface area (TPSA) is 37.3 Å². The Kier molecular flexibility index (Phi) is 5.84. The van der Waals surface area contributed by atoms with Crippen molar-refractivity contribution in [2.75, 3.05) is 0 Å². The van der Waals surface area contributed by atoms with Crippen molar-refractivity contribution in [3.8, 4) is 0 Å². The summed E-state index contributed by atoms with van der Waals surface area (Å²) in [5.74, 6) is 4.07. The van der Waals surface area contributed by atoms with Gasteiger partial charge in [-0.25, -0.2) is 0 Å². The fourth-order valence-electron chi connectivity index (χ4n) is 14.1. The van der Waals surface area contributed by atoms with Crippen LogP contribution in [0.1, 0.15) is 140 Å². The van der Waals surface area contributed by atoms with Crippen LogP contribution in [0.2, 0.25) is 0 Å². The monoisotopic (exact) mass is 498 g/mol. The maximum Gasteiger partial charge on any atom is 0.303 e. The number of fused-ring (bicyclic) bond motifs is 6. The highest BCUT2D eigenvalue weighted by Gasteiger charge is 2.88. The van der Waals surface area contributed by atoms with Gasteiger partial charge in [-0.15, -0.1) is 0 Å². The Morgan fingerprint density at radius 2 is 1.17 bits per heavy atom. The lowest BCUT2D eigenvalue weighted by Crippen LogP contribution is -2.86. The lowest BCUT2D eigenvalue weighted by Gasteiger charge is -2.92. The molecule has 0 spiro atoms. The smallest absolute Gasteiger partial charge is 0.303 e. The summed E-state index contributed by atoms with van der Waals surface area (Å²) in [6.07, 6.45) is 14.7. The highest BCUT2D eigenvalue weighted by molar-refractivity contribution is 5.66. The Morgan fingerprint density at radius 3 is 1.53 bits per heavy atom. The van der Waals surface area contributed by atoms with Crippen LogP contribution in [-0.2, 0) is 4.79 Å². The Labute approximate surface area is 223 Å². The van der Waals surface area contributed by atoms with Gasteiger partial charge in [0.25, 0.3) is 0 Å². The molecule has 9 fully saturated rings. The normalized spacial score (nSPS) is 52.4. The molecule has 2 heteroatoms. The van der Waals surface area contributed by atoms with Crippen molar-refractivity contribution in [2.24, 2.45) is 67.5 Å². The second-order valence-electron chi connectivity index (χ2n) is 16.7. The summed E-state index contributed by atoms with van der Waals surface area (Å²) < 4.78 is 0. The molecule has 9 atom stereocenters. The van der Waals surface area contributed by atoms with Crippen LogP contribution in [0.25, 0.3) is 0 Å². The highest BCUT2D eigenvalue weighted by Crippen LogP contribution is 2.94. The summed E-state index contributed by atoms with van der Waals surface area (Å²) in [4.78, 5) is 9.60. The van der Waals surface area contributed by atoms with E-state index in [1.807, 2.05) is 6.92 Å². The summed E-state index contributed by atoms with van der Waals surface area (Å²) in [6.45, 7) is 26.5. The number of carbonyl (C=O) groups is 1. The minimum absolute atomic E-state index is 0.292. The molecule has 0 amide bonds. The van der Waals surface area contributed by atoms with Gasteiger partial charge in [-0.1, -0.05) is 69.2 Å². The molecule has 206 valence electrons. The van der Waals surface area contributed by atoms with Gasteiger partial charge in [0.2, 0.25) is 0 Å². The molecule has 9 saturated carbocycles. The van der Waals surface area contributed by atoms with Crippen molar-refractivity contribution in [3.05, 3.63) is 0 Å². The minimum Gasteiger partial charge on any atom is -0.481 e. The summed E-state index contributed by atoms with van der Waals surface area (Å²) in [6, 6.07) is 0. The lowest BCUT2D eigenvalue weighted by atomic mass is 9.12. The molecule has 9 aliphatic rings.